The van der Waals surface area contributed by atoms with Crippen LogP contribution in [0.15, 0.2) is 47.4 Å². The zero-order chi connectivity index (χ0) is 19.0. The molecule has 0 unspecified atom stereocenters. The number of halogens is 3. The fraction of sp³-hybridized carbons (Fsp3) is 0.158. The molecule has 0 spiro atoms. The van der Waals surface area contributed by atoms with E-state index in [-0.39, 0.29) is 22.1 Å². The van der Waals surface area contributed by atoms with Crippen LogP contribution < -0.4 is 4.90 Å². The van der Waals surface area contributed by atoms with Crippen LogP contribution in [-0.2, 0) is 9.59 Å². The summed E-state index contributed by atoms with van der Waals surface area (Å²) in [6.07, 6.45) is 0. The third kappa shape index (κ3) is 3.65. The first kappa shape index (κ1) is 19.3. The second-order valence-corrected chi connectivity index (χ2v) is 8.76. The lowest BCUT2D eigenvalue weighted by molar-refractivity contribution is -0.119. The minimum absolute atomic E-state index is 0.137. The van der Waals surface area contributed by atoms with Crippen LogP contribution in [0.25, 0.3) is 5.57 Å². The van der Waals surface area contributed by atoms with Gasteiger partial charge in [0.1, 0.15) is 0 Å². The van der Waals surface area contributed by atoms with Gasteiger partial charge in [-0.25, -0.2) is 4.90 Å². The van der Waals surface area contributed by atoms with Gasteiger partial charge >= 0.3 is 0 Å². The second kappa shape index (κ2) is 7.65. The topological polar surface area (TPSA) is 37.4 Å². The molecular formula is C19H14Cl3NO2S. The van der Waals surface area contributed by atoms with E-state index in [1.54, 1.807) is 36.4 Å². The van der Waals surface area contributed by atoms with Crippen molar-refractivity contribution in [3.8, 4) is 0 Å². The van der Waals surface area contributed by atoms with Gasteiger partial charge in [-0.2, -0.15) is 0 Å². The molecule has 0 aliphatic carbocycles. The average molecular weight is 427 g/mol. The quantitative estimate of drug-likeness (QED) is 0.557. The van der Waals surface area contributed by atoms with Crippen molar-refractivity contribution in [3.63, 3.8) is 0 Å². The van der Waals surface area contributed by atoms with Gasteiger partial charge in [-0.15, -0.1) is 11.8 Å². The maximum Gasteiger partial charge on any atom is 0.272 e. The first-order chi connectivity index (χ1) is 12.3. The molecule has 7 heteroatoms. The zero-order valence-electron chi connectivity index (χ0n) is 13.9. The van der Waals surface area contributed by atoms with Gasteiger partial charge in [-0.1, -0.05) is 60.8 Å². The molecule has 0 saturated carbocycles. The van der Waals surface area contributed by atoms with Crippen LogP contribution in [0.2, 0.25) is 15.1 Å². The lowest BCUT2D eigenvalue weighted by Gasteiger charge is -2.16. The number of imide groups is 1. The van der Waals surface area contributed by atoms with Crippen LogP contribution in [0.5, 0.6) is 0 Å². The van der Waals surface area contributed by atoms with Crippen LogP contribution in [0.3, 0.4) is 0 Å². The second-order valence-electron chi connectivity index (χ2n) is 5.92. The van der Waals surface area contributed by atoms with Crippen molar-refractivity contribution >= 4 is 69.6 Å². The predicted octanol–water partition coefficient (Wildman–Crippen LogP) is 6.07. The molecule has 0 bridgehead atoms. The number of benzene rings is 2. The summed E-state index contributed by atoms with van der Waals surface area (Å²) in [6.45, 7) is 3.94. The summed E-state index contributed by atoms with van der Waals surface area (Å²) in [4.78, 5) is 27.7. The SMILES string of the molecule is CC(C)SC1=C(c2ccc(Cl)cc2)C(=O)N(c2ccc(Cl)c(Cl)c2)C1=O. The van der Waals surface area contributed by atoms with Gasteiger partial charge in [0.05, 0.1) is 26.2 Å². The lowest BCUT2D eigenvalue weighted by atomic mass is 10.1. The zero-order valence-corrected chi connectivity index (χ0v) is 17.0. The van der Waals surface area contributed by atoms with Crippen LogP contribution >= 0.6 is 46.6 Å². The Morgan fingerprint density at radius 3 is 2.12 bits per heavy atom. The minimum atomic E-state index is -0.390. The number of nitrogens with zero attached hydrogens (tertiary/aromatic N) is 1. The summed E-state index contributed by atoms with van der Waals surface area (Å²) in [5.74, 6) is -0.754. The molecule has 2 amide bonds. The minimum Gasteiger partial charge on any atom is -0.268 e. The normalized spacial score (nSPS) is 14.8. The van der Waals surface area contributed by atoms with Crippen molar-refractivity contribution < 1.29 is 9.59 Å². The summed E-state index contributed by atoms with van der Waals surface area (Å²) in [7, 11) is 0. The summed E-state index contributed by atoms with van der Waals surface area (Å²) in [6, 6.07) is 11.6. The maximum atomic E-state index is 13.1. The third-order valence-electron chi connectivity index (χ3n) is 3.69. The molecular weight excluding hydrogens is 413 g/mol. The molecule has 2 aromatic rings. The maximum absolute atomic E-state index is 13.1. The van der Waals surface area contributed by atoms with Gasteiger partial charge in [0.25, 0.3) is 11.8 Å². The van der Waals surface area contributed by atoms with Crippen molar-refractivity contribution in [1.82, 2.24) is 0 Å². The summed E-state index contributed by atoms with van der Waals surface area (Å²) in [5.41, 5.74) is 1.41. The molecule has 0 N–H and O–H groups in total. The van der Waals surface area contributed by atoms with E-state index in [1.807, 2.05) is 13.8 Å². The number of rotatable bonds is 4. The Kier molecular flexibility index (Phi) is 5.68. The highest BCUT2D eigenvalue weighted by molar-refractivity contribution is 8.04. The molecule has 0 fully saturated rings. The van der Waals surface area contributed by atoms with Gasteiger partial charge in [-0.3, -0.25) is 9.59 Å². The van der Waals surface area contributed by atoms with Crippen LogP contribution in [0, 0.1) is 0 Å². The lowest BCUT2D eigenvalue weighted by Crippen LogP contribution is -2.31. The molecule has 1 aliphatic rings. The number of thioether (sulfide) groups is 1. The predicted molar refractivity (Wildman–Crippen MR) is 110 cm³/mol. The van der Waals surface area contributed by atoms with Gasteiger partial charge in [0, 0.05) is 10.3 Å². The van der Waals surface area contributed by atoms with E-state index < -0.39 is 0 Å². The number of hydrogen-bond donors (Lipinski definition) is 0. The Morgan fingerprint density at radius 1 is 0.885 bits per heavy atom. The van der Waals surface area contributed by atoms with Crippen LogP contribution in [0.4, 0.5) is 5.69 Å². The fourth-order valence-electron chi connectivity index (χ4n) is 2.58. The van der Waals surface area contributed by atoms with E-state index in [2.05, 4.69) is 0 Å². The first-order valence-electron chi connectivity index (χ1n) is 7.80. The average Bonchev–Trinajstić information content (AvgIpc) is 2.81. The van der Waals surface area contributed by atoms with E-state index in [4.69, 9.17) is 34.8 Å². The van der Waals surface area contributed by atoms with Crippen molar-refractivity contribution in [2.24, 2.45) is 0 Å². The van der Waals surface area contributed by atoms with Crippen molar-refractivity contribution in [2.45, 2.75) is 19.1 Å². The third-order valence-corrected chi connectivity index (χ3v) is 5.77. The summed E-state index contributed by atoms with van der Waals surface area (Å²) >= 11 is 19.3. The molecule has 0 atom stereocenters. The monoisotopic (exact) mass is 425 g/mol. The molecule has 3 nitrogen and oxygen atoms in total. The number of amides is 2. The Balaban J connectivity index is 2.10. The highest BCUT2D eigenvalue weighted by Crippen LogP contribution is 2.41. The molecule has 134 valence electrons. The number of hydrogen-bond acceptors (Lipinski definition) is 3. The molecule has 3 rings (SSSR count). The molecule has 1 aliphatic heterocycles. The van der Waals surface area contributed by atoms with E-state index in [0.717, 1.165) is 4.90 Å². The summed E-state index contributed by atoms with van der Waals surface area (Å²) in [5, 5.41) is 1.34. The number of anilines is 1. The largest absolute Gasteiger partial charge is 0.272 e. The van der Waals surface area contributed by atoms with Crippen molar-refractivity contribution in [2.75, 3.05) is 4.90 Å². The molecule has 0 aromatic heterocycles. The Labute approximate surface area is 170 Å². The van der Waals surface area contributed by atoms with Crippen molar-refractivity contribution in [1.29, 1.82) is 0 Å². The Bertz CT molecular complexity index is 923. The van der Waals surface area contributed by atoms with Crippen LogP contribution in [-0.4, -0.2) is 17.1 Å². The standard InChI is InChI=1S/C19H14Cl3NO2S/c1-10(2)26-17-16(11-3-5-12(20)6-4-11)18(24)23(19(17)25)13-7-8-14(21)15(22)9-13/h3-10H,1-2H3. The van der Waals surface area contributed by atoms with Crippen molar-refractivity contribution in [3.05, 3.63) is 68.0 Å². The smallest absolute Gasteiger partial charge is 0.268 e. The highest BCUT2D eigenvalue weighted by atomic mass is 35.5. The fourth-order valence-corrected chi connectivity index (χ4v) is 3.99. The van der Waals surface area contributed by atoms with Crippen LogP contribution in [0.1, 0.15) is 19.4 Å². The molecule has 1 heterocycles. The number of carbonyl (C=O) groups excluding carboxylic acids is 2. The first-order valence-corrected chi connectivity index (χ1v) is 9.81. The summed E-state index contributed by atoms with van der Waals surface area (Å²) < 4.78 is 0. The Hall–Kier alpha value is -1.46. The Morgan fingerprint density at radius 2 is 1.54 bits per heavy atom. The van der Waals surface area contributed by atoms with E-state index in [0.29, 0.717) is 31.8 Å². The molecule has 2 aromatic carbocycles. The molecule has 0 radical (unpaired) electrons. The van der Waals surface area contributed by atoms with Gasteiger partial charge in [0.2, 0.25) is 0 Å². The highest BCUT2D eigenvalue weighted by Gasteiger charge is 2.40. The van der Waals surface area contributed by atoms with Gasteiger partial charge in [0.15, 0.2) is 0 Å². The van der Waals surface area contributed by atoms with E-state index in [1.165, 1.54) is 17.8 Å². The van der Waals surface area contributed by atoms with E-state index in [9.17, 15) is 9.59 Å². The molecule has 0 saturated heterocycles. The van der Waals surface area contributed by atoms with Gasteiger partial charge < -0.3 is 0 Å². The van der Waals surface area contributed by atoms with E-state index >= 15 is 0 Å². The molecule has 26 heavy (non-hydrogen) atoms. The van der Waals surface area contributed by atoms with Gasteiger partial charge in [-0.05, 0) is 35.9 Å². The number of carbonyl (C=O) groups is 2.